The molecule has 146 valence electrons. The highest BCUT2D eigenvalue weighted by Crippen LogP contribution is 2.40. The average molecular weight is 393 g/mol. The van der Waals surface area contributed by atoms with E-state index in [9.17, 15) is 14.0 Å². The van der Waals surface area contributed by atoms with Crippen LogP contribution in [0.15, 0.2) is 35.5 Å². The predicted octanol–water partition coefficient (Wildman–Crippen LogP) is 2.05. The number of benzene rings is 1. The predicted molar refractivity (Wildman–Crippen MR) is 102 cm³/mol. The van der Waals surface area contributed by atoms with Crippen LogP contribution in [0.3, 0.4) is 0 Å². The Morgan fingerprint density at radius 1 is 1.33 bits per heavy atom. The number of allylic oxidation sites excluding steroid dienone is 1. The van der Waals surface area contributed by atoms with Crippen molar-refractivity contribution in [2.75, 3.05) is 12.9 Å². The van der Waals surface area contributed by atoms with Gasteiger partial charge in [0.15, 0.2) is 0 Å². The standard InChI is InChI=1S/C19H24FN3O3S/c1-4-8-27-19-22-16-15(17(24)23-19)14(11-6-5-7-12(20)9-11)13(10(2)21-16)18(25)26-3/h5-7,9,14-16,19,21-22H,4,8H2,1-3H3,(H,23,24). The van der Waals surface area contributed by atoms with Crippen LogP contribution < -0.4 is 16.0 Å². The van der Waals surface area contributed by atoms with Crippen molar-refractivity contribution in [3.05, 3.63) is 46.9 Å². The van der Waals surface area contributed by atoms with Gasteiger partial charge in [0.2, 0.25) is 5.91 Å². The molecule has 3 N–H and O–H groups in total. The molecule has 0 radical (unpaired) electrons. The van der Waals surface area contributed by atoms with Crippen molar-refractivity contribution in [1.29, 1.82) is 0 Å². The zero-order valence-electron chi connectivity index (χ0n) is 15.5. The second-order valence-electron chi connectivity index (χ2n) is 6.64. The Bertz CT molecular complexity index is 770. The Morgan fingerprint density at radius 2 is 2.11 bits per heavy atom. The number of hydrogen-bond donors (Lipinski definition) is 3. The van der Waals surface area contributed by atoms with Gasteiger partial charge >= 0.3 is 5.97 Å². The fraction of sp³-hybridized carbons (Fsp3) is 0.474. The summed E-state index contributed by atoms with van der Waals surface area (Å²) in [5.74, 6) is -1.42. The number of carbonyl (C=O) groups excluding carboxylic acids is 2. The number of esters is 1. The van der Waals surface area contributed by atoms with Gasteiger partial charge in [-0.1, -0.05) is 19.1 Å². The molecule has 0 aromatic heterocycles. The van der Waals surface area contributed by atoms with E-state index in [1.54, 1.807) is 30.8 Å². The lowest BCUT2D eigenvalue weighted by atomic mass is 9.74. The van der Waals surface area contributed by atoms with Crippen molar-refractivity contribution in [1.82, 2.24) is 16.0 Å². The molecule has 1 aromatic rings. The molecule has 2 heterocycles. The summed E-state index contributed by atoms with van der Waals surface area (Å²) in [5, 5.41) is 9.58. The first-order valence-corrected chi connectivity index (χ1v) is 10.00. The highest BCUT2D eigenvalue weighted by molar-refractivity contribution is 7.99. The largest absolute Gasteiger partial charge is 0.466 e. The van der Waals surface area contributed by atoms with Gasteiger partial charge in [-0.3, -0.25) is 10.1 Å². The van der Waals surface area contributed by atoms with E-state index >= 15 is 0 Å². The summed E-state index contributed by atoms with van der Waals surface area (Å²) in [6, 6.07) is 6.03. The second-order valence-corrected chi connectivity index (χ2v) is 7.85. The maximum atomic E-state index is 13.9. The van der Waals surface area contributed by atoms with Crippen molar-refractivity contribution in [3.8, 4) is 0 Å². The average Bonchev–Trinajstić information content (AvgIpc) is 2.64. The lowest BCUT2D eigenvalue weighted by molar-refractivity contribution is -0.137. The molecule has 8 heteroatoms. The van der Waals surface area contributed by atoms with Gasteiger partial charge in [0.05, 0.1) is 24.8 Å². The number of nitrogens with one attached hydrogen (secondary N) is 3. The van der Waals surface area contributed by atoms with Crippen LogP contribution in [-0.4, -0.2) is 36.4 Å². The van der Waals surface area contributed by atoms with Crippen molar-refractivity contribution in [2.45, 2.75) is 37.8 Å². The summed E-state index contributed by atoms with van der Waals surface area (Å²) >= 11 is 1.62. The summed E-state index contributed by atoms with van der Waals surface area (Å²) in [7, 11) is 1.30. The number of rotatable bonds is 5. The van der Waals surface area contributed by atoms with Crippen LogP contribution in [0.4, 0.5) is 4.39 Å². The molecule has 0 bridgehead atoms. The van der Waals surface area contributed by atoms with Gasteiger partial charge in [0, 0.05) is 11.6 Å². The summed E-state index contributed by atoms with van der Waals surface area (Å²) in [6.45, 7) is 3.85. The molecule has 4 atom stereocenters. The van der Waals surface area contributed by atoms with E-state index in [1.165, 1.54) is 19.2 Å². The molecule has 1 saturated heterocycles. The minimum Gasteiger partial charge on any atom is -0.466 e. The fourth-order valence-corrected chi connectivity index (χ4v) is 4.59. The van der Waals surface area contributed by atoms with Crippen LogP contribution in [0.1, 0.15) is 31.7 Å². The fourth-order valence-electron chi connectivity index (χ4n) is 3.67. The zero-order chi connectivity index (χ0) is 19.6. The van der Waals surface area contributed by atoms with Crippen LogP contribution in [0.25, 0.3) is 0 Å². The Hall–Kier alpha value is -2.06. The van der Waals surface area contributed by atoms with Crippen molar-refractivity contribution in [2.24, 2.45) is 5.92 Å². The third-order valence-electron chi connectivity index (χ3n) is 4.81. The SMILES string of the molecule is CCCSC1NC(=O)C2C(NC(C)=C(C(=O)OC)C2c2cccc(F)c2)N1. The maximum absolute atomic E-state index is 13.9. The molecule has 0 aliphatic carbocycles. The minimum absolute atomic E-state index is 0.178. The smallest absolute Gasteiger partial charge is 0.336 e. The van der Waals surface area contributed by atoms with Crippen LogP contribution in [0, 0.1) is 11.7 Å². The molecule has 1 fully saturated rings. The molecule has 1 amide bonds. The van der Waals surface area contributed by atoms with Gasteiger partial charge < -0.3 is 15.4 Å². The van der Waals surface area contributed by atoms with Crippen LogP contribution in [-0.2, 0) is 14.3 Å². The van der Waals surface area contributed by atoms with E-state index < -0.39 is 23.6 Å². The Kier molecular flexibility index (Phi) is 6.06. The van der Waals surface area contributed by atoms with Crippen molar-refractivity contribution < 1.29 is 18.7 Å². The van der Waals surface area contributed by atoms with Crippen molar-refractivity contribution in [3.63, 3.8) is 0 Å². The van der Waals surface area contributed by atoms with E-state index in [4.69, 9.17) is 4.74 Å². The molecular formula is C19H24FN3O3S. The Labute approximate surface area is 162 Å². The van der Waals surface area contributed by atoms with Gasteiger partial charge in [-0.15, -0.1) is 11.8 Å². The molecule has 0 spiro atoms. The number of thioether (sulfide) groups is 1. The number of amides is 1. The Morgan fingerprint density at radius 3 is 2.78 bits per heavy atom. The molecule has 0 saturated carbocycles. The molecule has 3 rings (SSSR count). The molecular weight excluding hydrogens is 369 g/mol. The molecule has 6 nitrogen and oxygen atoms in total. The molecule has 27 heavy (non-hydrogen) atoms. The minimum atomic E-state index is -0.608. The first-order valence-electron chi connectivity index (χ1n) is 8.95. The van der Waals surface area contributed by atoms with Crippen LogP contribution >= 0.6 is 11.8 Å². The topological polar surface area (TPSA) is 79.5 Å². The lowest BCUT2D eigenvalue weighted by Gasteiger charge is -2.45. The summed E-state index contributed by atoms with van der Waals surface area (Å²) < 4.78 is 18.8. The molecule has 2 aliphatic heterocycles. The number of fused-ring (bicyclic) bond motifs is 1. The number of hydrogen-bond acceptors (Lipinski definition) is 6. The molecule has 4 unspecified atom stereocenters. The number of ether oxygens (including phenoxy) is 1. The first-order chi connectivity index (χ1) is 13.0. The van der Waals surface area contributed by atoms with E-state index in [-0.39, 0.29) is 17.6 Å². The van der Waals surface area contributed by atoms with Crippen molar-refractivity contribution >= 4 is 23.6 Å². The third-order valence-corrected chi connectivity index (χ3v) is 6.05. The summed E-state index contributed by atoms with van der Waals surface area (Å²) in [5.41, 5.74) is 1.33. The second kappa shape index (κ2) is 8.31. The molecule has 2 aliphatic rings. The van der Waals surface area contributed by atoms with E-state index in [2.05, 4.69) is 22.9 Å². The van der Waals surface area contributed by atoms with E-state index in [0.29, 0.717) is 16.8 Å². The monoisotopic (exact) mass is 393 g/mol. The van der Waals surface area contributed by atoms with E-state index in [1.807, 2.05) is 0 Å². The van der Waals surface area contributed by atoms with E-state index in [0.717, 1.165) is 12.2 Å². The van der Waals surface area contributed by atoms with Gasteiger partial charge in [-0.2, -0.15) is 0 Å². The highest BCUT2D eigenvalue weighted by atomic mass is 32.2. The number of methoxy groups -OCH3 is 1. The van der Waals surface area contributed by atoms with Crippen LogP contribution in [0.2, 0.25) is 0 Å². The maximum Gasteiger partial charge on any atom is 0.336 e. The number of halogens is 1. The summed E-state index contributed by atoms with van der Waals surface area (Å²) in [4.78, 5) is 25.4. The van der Waals surface area contributed by atoms with Gasteiger partial charge in [0.25, 0.3) is 0 Å². The summed E-state index contributed by atoms with van der Waals surface area (Å²) in [6.07, 6.45) is 0.632. The normalized spacial score (nSPS) is 27.5. The van der Waals surface area contributed by atoms with Gasteiger partial charge in [0.1, 0.15) is 11.3 Å². The zero-order valence-corrected chi connectivity index (χ0v) is 16.4. The number of carbonyl (C=O) groups is 2. The quantitative estimate of drug-likeness (QED) is 0.665. The first kappa shape index (κ1) is 19.7. The molecule has 1 aromatic carbocycles. The lowest BCUT2D eigenvalue weighted by Crippen LogP contribution is -2.67. The Balaban J connectivity index is 2.02. The highest BCUT2D eigenvalue weighted by Gasteiger charge is 2.48. The van der Waals surface area contributed by atoms with Gasteiger partial charge in [-0.25, -0.2) is 9.18 Å². The van der Waals surface area contributed by atoms with Gasteiger partial charge in [-0.05, 0) is 36.8 Å². The third kappa shape index (κ3) is 3.96. The van der Waals surface area contributed by atoms with Crippen LogP contribution in [0.5, 0.6) is 0 Å².